The van der Waals surface area contributed by atoms with Gasteiger partial charge in [-0.3, -0.25) is 0 Å². The zero-order valence-electron chi connectivity index (χ0n) is 11.5. The molecule has 19 heavy (non-hydrogen) atoms. The molecule has 4 nitrogen and oxygen atoms in total. The van der Waals surface area contributed by atoms with E-state index >= 15 is 0 Å². The molecule has 1 atom stereocenters. The number of benzene rings is 1. The van der Waals surface area contributed by atoms with Gasteiger partial charge in [-0.1, -0.05) is 12.1 Å². The third-order valence-corrected chi connectivity index (χ3v) is 3.16. The van der Waals surface area contributed by atoms with E-state index in [1.54, 1.807) is 13.0 Å². The van der Waals surface area contributed by atoms with Crippen LogP contribution in [0.1, 0.15) is 42.9 Å². The zero-order valence-corrected chi connectivity index (χ0v) is 11.5. The van der Waals surface area contributed by atoms with Gasteiger partial charge in [0.1, 0.15) is 18.0 Å². The monoisotopic (exact) mass is 262 g/mol. The van der Waals surface area contributed by atoms with E-state index in [0.717, 1.165) is 11.4 Å². The van der Waals surface area contributed by atoms with Gasteiger partial charge in [0, 0.05) is 18.5 Å². The predicted octanol–water partition coefficient (Wildman–Crippen LogP) is 2.55. The minimum Gasteiger partial charge on any atom is -0.324 e. The standard InChI is InChI=1S/C14H19FN4/c1-9(2)19-14(17-8-18-19)7-13(16)11-5-4-10(3)12(15)6-11/h4-6,8-9,13H,7,16H2,1-3H3. The molecule has 0 aliphatic heterocycles. The number of hydrogen-bond acceptors (Lipinski definition) is 3. The molecule has 2 aromatic rings. The molecule has 1 unspecified atom stereocenters. The number of aromatic nitrogens is 3. The fraction of sp³-hybridized carbons (Fsp3) is 0.429. The third kappa shape index (κ3) is 2.98. The molecule has 0 aliphatic carbocycles. The van der Waals surface area contributed by atoms with Gasteiger partial charge < -0.3 is 5.73 Å². The van der Waals surface area contributed by atoms with Crippen LogP contribution in [0.25, 0.3) is 0 Å². The van der Waals surface area contributed by atoms with Crippen LogP contribution in [0.5, 0.6) is 0 Å². The van der Waals surface area contributed by atoms with E-state index in [0.29, 0.717) is 12.0 Å². The van der Waals surface area contributed by atoms with Gasteiger partial charge in [0.05, 0.1) is 0 Å². The summed E-state index contributed by atoms with van der Waals surface area (Å²) in [7, 11) is 0. The highest BCUT2D eigenvalue weighted by Crippen LogP contribution is 2.19. The van der Waals surface area contributed by atoms with Gasteiger partial charge in [-0.15, -0.1) is 0 Å². The van der Waals surface area contributed by atoms with Crippen LogP contribution in [0.2, 0.25) is 0 Å². The van der Waals surface area contributed by atoms with Crippen molar-refractivity contribution in [3.8, 4) is 0 Å². The Labute approximate surface area is 112 Å². The molecule has 2 rings (SSSR count). The largest absolute Gasteiger partial charge is 0.324 e. The molecular formula is C14H19FN4. The SMILES string of the molecule is Cc1ccc(C(N)Cc2ncnn2C(C)C)cc1F. The molecule has 1 heterocycles. The first-order valence-electron chi connectivity index (χ1n) is 6.39. The maximum atomic E-state index is 13.5. The summed E-state index contributed by atoms with van der Waals surface area (Å²) in [4.78, 5) is 4.22. The summed E-state index contributed by atoms with van der Waals surface area (Å²) in [6.45, 7) is 5.81. The number of halogens is 1. The van der Waals surface area contributed by atoms with Crippen LogP contribution in [-0.4, -0.2) is 14.8 Å². The average Bonchev–Trinajstić information content (AvgIpc) is 2.80. The molecule has 0 saturated heterocycles. The van der Waals surface area contributed by atoms with Crippen molar-refractivity contribution < 1.29 is 4.39 Å². The Morgan fingerprint density at radius 1 is 1.37 bits per heavy atom. The molecular weight excluding hydrogens is 243 g/mol. The summed E-state index contributed by atoms with van der Waals surface area (Å²) < 4.78 is 15.4. The van der Waals surface area contributed by atoms with Crippen molar-refractivity contribution in [1.82, 2.24) is 14.8 Å². The number of rotatable bonds is 4. The Kier molecular flexibility index (Phi) is 3.95. The normalized spacial score (nSPS) is 12.9. The first-order valence-corrected chi connectivity index (χ1v) is 6.39. The minimum absolute atomic E-state index is 0.224. The van der Waals surface area contributed by atoms with Crippen molar-refractivity contribution >= 4 is 0 Å². The smallest absolute Gasteiger partial charge is 0.138 e. The van der Waals surface area contributed by atoms with E-state index in [2.05, 4.69) is 10.1 Å². The van der Waals surface area contributed by atoms with Crippen molar-refractivity contribution in [3.63, 3.8) is 0 Å². The molecule has 0 radical (unpaired) electrons. The quantitative estimate of drug-likeness (QED) is 0.921. The van der Waals surface area contributed by atoms with Crippen molar-refractivity contribution in [2.75, 3.05) is 0 Å². The Balaban J connectivity index is 2.18. The van der Waals surface area contributed by atoms with Crippen molar-refractivity contribution in [1.29, 1.82) is 0 Å². The highest BCUT2D eigenvalue weighted by Gasteiger charge is 2.14. The fourth-order valence-electron chi connectivity index (χ4n) is 2.01. The minimum atomic E-state index is -0.281. The second kappa shape index (κ2) is 5.48. The van der Waals surface area contributed by atoms with Gasteiger partial charge in [0.2, 0.25) is 0 Å². The molecule has 0 aliphatic rings. The summed E-state index contributed by atoms with van der Waals surface area (Å²) >= 11 is 0. The van der Waals surface area contributed by atoms with Gasteiger partial charge in [-0.05, 0) is 38.0 Å². The van der Waals surface area contributed by atoms with E-state index in [4.69, 9.17) is 5.73 Å². The lowest BCUT2D eigenvalue weighted by Gasteiger charge is -2.14. The van der Waals surface area contributed by atoms with Crippen LogP contribution in [0.3, 0.4) is 0 Å². The Morgan fingerprint density at radius 2 is 2.11 bits per heavy atom. The first kappa shape index (κ1) is 13.7. The predicted molar refractivity (Wildman–Crippen MR) is 72.2 cm³/mol. The number of nitrogens with two attached hydrogens (primary N) is 1. The summed E-state index contributed by atoms with van der Waals surface area (Å²) in [5.41, 5.74) is 7.53. The van der Waals surface area contributed by atoms with Crippen LogP contribution in [-0.2, 0) is 6.42 Å². The van der Waals surface area contributed by atoms with Gasteiger partial charge >= 0.3 is 0 Å². The maximum Gasteiger partial charge on any atom is 0.138 e. The van der Waals surface area contributed by atoms with Gasteiger partial charge in [0.25, 0.3) is 0 Å². The topological polar surface area (TPSA) is 56.7 Å². The Hall–Kier alpha value is -1.75. The number of nitrogens with zero attached hydrogens (tertiary/aromatic N) is 3. The summed E-state index contributed by atoms with van der Waals surface area (Å²) in [6, 6.07) is 5.06. The van der Waals surface area contributed by atoms with E-state index in [-0.39, 0.29) is 17.9 Å². The van der Waals surface area contributed by atoms with Crippen molar-refractivity contribution in [3.05, 3.63) is 47.3 Å². The highest BCUT2D eigenvalue weighted by atomic mass is 19.1. The molecule has 0 amide bonds. The van der Waals surface area contributed by atoms with Crippen LogP contribution >= 0.6 is 0 Å². The first-order chi connectivity index (χ1) is 8.99. The second-order valence-corrected chi connectivity index (χ2v) is 5.03. The average molecular weight is 262 g/mol. The zero-order chi connectivity index (χ0) is 14.0. The molecule has 2 N–H and O–H groups in total. The van der Waals surface area contributed by atoms with E-state index in [1.807, 2.05) is 24.6 Å². The van der Waals surface area contributed by atoms with Crippen molar-refractivity contribution in [2.24, 2.45) is 5.73 Å². The maximum absolute atomic E-state index is 13.5. The van der Waals surface area contributed by atoms with E-state index in [9.17, 15) is 4.39 Å². The number of aryl methyl sites for hydroxylation is 1. The fourth-order valence-corrected chi connectivity index (χ4v) is 2.01. The van der Waals surface area contributed by atoms with Gasteiger partial charge in [0.15, 0.2) is 0 Å². The molecule has 0 bridgehead atoms. The highest BCUT2D eigenvalue weighted by molar-refractivity contribution is 5.26. The van der Waals surface area contributed by atoms with Crippen LogP contribution < -0.4 is 5.73 Å². The summed E-state index contributed by atoms with van der Waals surface area (Å²) in [6.07, 6.45) is 2.07. The summed E-state index contributed by atoms with van der Waals surface area (Å²) in [5, 5.41) is 4.17. The number of hydrogen-bond donors (Lipinski definition) is 1. The summed E-state index contributed by atoms with van der Waals surface area (Å²) in [5.74, 6) is 0.599. The molecule has 0 saturated carbocycles. The van der Waals surface area contributed by atoms with E-state index in [1.165, 1.54) is 12.4 Å². The van der Waals surface area contributed by atoms with Crippen LogP contribution in [0, 0.1) is 12.7 Å². The van der Waals surface area contributed by atoms with Gasteiger partial charge in [-0.2, -0.15) is 5.10 Å². The third-order valence-electron chi connectivity index (χ3n) is 3.16. The van der Waals surface area contributed by atoms with Gasteiger partial charge in [-0.25, -0.2) is 14.1 Å². The molecule has 1 aromatic heterocycles. The molecule has 0 fully saturated rings. The lowest BCUT2D eigenvalue weighted by atomic mass is 10.0. The second-order valence-electron chi connectivity index (χ2n) is 5.03. The lowest BCUT2D eigenvalue weighted by molar-refractivity contribution is 0.492. The van der Waals surface area contributed by atoms with E-state index < -0.39 is 0 Å². The molecule has 102 valence electrons. The van der Waals surface area contributed by atoms with Crippen LogP contribution in [0.15, 0.2) is 24.5 Å². The Morgan fingerprint density at radius 3 is 2.74 bits per heavy atom. The molecule has 1 aromatic carbocycles. The molecule has 0 spiro atoms. The van der Waals surface area contributed by atoms with Crippen molar-refractivity contribution in [2.45, 2.75) is 39.3 Å². The molecule has 5 heteroatoms. The van der Waals surface area contributed by atoms with Crippen LogP contribution in [0.4, 0.5) is 4.39 Å². The lowest BCUT2D eigenvalue weighted by Crippen LogP contribution is -2.18. The Bertz CT molecular complexity index is 562.